The van der Waals surface area contributed by atoms with Crippen molar-refractivity contribution in [3.8, 4) is 17.2 Å². The van der Waals surface area contributed by atoms with Gasteiger partial charge >= 0.3 is 0 Å². The number of carbonyl (C=O) groups is 1. The Hall–Kier alpha value is -2.86. The second-order valence-corrected chi connectivity index (χ2v) is 9.77. The summed E-state index contributed by atoms with van der Waals surface area (Å²) >= 11 is 4.45. The number of fused-ring (bicyclic) bond motifs is 1. The van der Waals surface area contributed by atoms with Crippen LogP contribution >= 0.6 is 45.2 Å². The molecule has 2 N–H and O–H groups in total. The summed E-state index contributed by atoms with van der Waals surface area (Å²) in [5, 5.41) is 16.0. The van der Waals surface area contributed by atoms with Crippen LogP contribution in [0.25, 0.3) is 10.8 Å². The van der Waals surface area contributed by atoms with Crippen LogP contribution < -0.4 is 14.9 Å². The van der Waals surface area contributed by atoms with Crippen molar-refractivity contribution in [1.82, 2.24) is 5.43 Å². The van der Waals surface area contributed by atoms with E-state index in [1.807, 2.05) is 54.6 Å². The van der Waals surface area contributed by atoms with Crippen LogP contribution in [0.1, 0.15) is 21.5 Å². The average molecular weight is 678 g/mol. The lowest BCUT2D eigenvalue weighted by molar-refractivity contribution is 0.0952. The SMILES string of the molecule is COc1cc(C=NNC(=O)c2cc3ccccc3cc2O)cc(I)c1OCc1ccc(I)cc1. The molecule has 0 bridgehead atoms. The number of hydrogen-bond donors (Lipinski definition) is 2. The third kappa shape index (κ3) is 5.79. The first-order chi connectivity index (χ1) is 16.4. The fourth-order valence-corrected chi connectivity index (χ4v) is 4.47. The van der Waals surface area contributed by atoms with Gasteiger partial charge in [-0.25, -0.2) is 5.43 Å². The van der Waals surface area contributed by atoms with Gasteiger partial charge in [-0.15, -0.1) is 0 Å². The molecule has 6 nitrogen and oxygen atoms in total. The second kappa shape index (κ2) is 11.0. The third-order valence-electron chi connectivity index (χ3n) is 5.04. The van der Waals surface area contributed by atoms with Gasteiger partial charge in [0.25, 0.3) is 5.91 Å². The van der Waals surface area contributed by atoms with Crippen LogP contribution in [0, 0.1) is 7.14 Å². The van der Waals surface area contributed by atoms with Crippen molar-refractivity contribution in [2.45, 2.75) is 6.61 Å². The molecular formula is C26H20I2N2O4. The summed E-state index contributed by atoms with van der Waals surface area (Å²) in [7, 11) is 1.58. The summed E-state index contributed by atoms with van der Waals surface area (Å²) in [4.78, 5) is 12.6. The van der Waals surface area contributed by atoms with Crippen molar-refractivity contribution >= 4 is 68.1 Å². The molecule has 172 valence electrons. The van der Waals surface area contributed by atoms with Gasteiger partial charge in [0.1, 0.15) is 12.4 Å². The highest BCUT2D eigenvalue weighted by atomic mass is 127. The summed E-state index contributed by atoms with van der Waals surface area (Å²) in [6.07, 6.45) is 1.52. The molecule has 0 heterocycles. The van der Waals surface area contributed by atoms with Gasteiger partial charge in [-0.05, 0) is 103 Å². The molecule has 0 unspecified atom stereocenters. The molecule has 0 aromatic heterocycles. The summed E-state index contributed by atoms with van der Waals surface area (Å²) in [5.74, 6) is 0.608. The quantitative estimate of drug-likeness (QED) is 0.141. The smallest absolute Gasteiger partial charge is 0.275 e. The van der Waals surface area contributed by atoms with Gasteiger partial charge in [-0.3, -0.25) is 4.79 Å². The predicted molar refractivity (Wildman–Crippen MR) is 150 cm³/mol. The number of methoxy groups -OCH3 is 1. The highest BCUT2D eigenvalue weighted by Gasteiger charge is 2.13. The Labute approximate surface area is 224 Å². The molecule has 0 aliphatic heterocycles. The van der Waals surface area contributed by atoms with Gasteiger partial charge in [0.15, 0.2) is 11.5 Å². The van der Waals surface area contributed by atoms with E-state index in [0.717, 1.165) is 25.5 Å². The Bertz CT molecular complexity index is 1370. The zero-order valence-corrected chi connectivity index (χ0v) is 22.4. The number of aromatic hydroxyl groups is 1. The minimum Gasteiger partial charge on any atom is -0.507 e. The van der Waals surface area contributed by atoms with E-state index in [9.17, 15) is 9.90 Å². The number of rotatable bonds is 7. The molecule has 8 heteroatoms. The minimum atomic E-state index is -0.501. The Balaban J connectivity index is 1.46. The van der Waals surface area contributed by atoms with Crippen LogP contribution in [0.5, 0.6) is 17.2 Å². The van der Waals surface area contributed by atoms with E-state index >= 15 is 0 Å². The standard InChI is InChI=1S/C26H20I2N2O4/c1-33-24-11-17(10-22(28)25(24)34-15-16-6-8-20(27)9-7-16)14-29-30-26(32)21-12-18-4-2-3-5-19(18)13-23(21)31/h2-14,31H,15H2,1H3,(H,30,32). The van der Waals surface area contributed by atoms with Crippen molar-refractivity contribution in [2.75, 3.05) is 7.11 Å². The number of nitrogens with one attached hydrogen (secondary N) is 1. The Morgan fingerprint density at radius 2 is 1.74 bits per heavy atom. The molecule has 0 aliphatic rings. The number of nitrogens with zero attached hydrogens (tertiary/aromatic N) is 1. The van der Waals surface area contributed by atoms with Gasteiger partial charge in [0, 0.05) is 3.57 Å². The number of hydrazone groups is 1. The normalized spacial score (nSPS) is 11.0. The lowest BCUT2D eigenvalue weighted by Crippen LogP contribution is -2.17. The molecule has 4 aromatic rings. The largest absolute Gasteiger partial charge is 0.507 e. The number of benzene rings is 4. The molecule has 0 atom stereocenters. The van der Waals surface area contributed by atoms with Gasteiger partial charge in [-0.1, -0.05) is 36.4 Å². The molecule has 0 spiro atoms. The zero-order chi connectivity index (χ0) is 24.1. The van der Waals surface area contributed by atoms with Crippen LogP contribution in [0.3, 0.4) is 0 Å². The lowest BCUT2D eigenvalue weighted by Gasteiger charge is -2.13. The van der Waals surface area contributed by atoms with Crippen molar-refractivity contribution in [3.05, 3.63) is 96.6 Å². The fraction of sp³-hybridized carbons (Fsp3) is 0.0769. The summed E-state index contributed by atoms with van der Waals surface area (Å²) in [6, 6.07) is 22.5. The first-order valence-corrected chi connectivity index (χ1v) is 12.4. The van der Waals surface area contributed by atoms with Crippen molar-refractivity contribution in [1.29, 1.82) is 0 Å². The van der Waals surface area contributed by atoms with E-state index in [1.54, 1.807) is 25.3 Å². The molecule has 0 saturated carbocycles. The highest BCUT2D eigenvalue weighted by Crippen LogP contribution is 2.34. The molecule has 4 rings (SSSR count). The Morgan fingerprint density at radius 3 is 2.44 bits per heavy atom. The molecule has 34 heavy (non-hydrogen) atoms. The minimum absolute atomic E-state index is 0.0998. The van der Waals surface area contributed by atoms with Gasteiger partial charge < -0.3 is 14.6 Å². The first kappa shape index (κ1) is 24.3. The number of hydrogen-bond acceptors (Lipinski definition) is 5. The summed E-state index contributed by atoms with van der Waals surface area (Å²) in [5.41, 5.74) is 4.41. The number of phenols is 1. The van der Waals surface area contributed by atoms with Gasteiger partial charge in [0.05, 0.1) is 22.5 Å². The number of carbonyl (C=O) groups excluding carboxylic acids is 1. The summed E-state index contributed by atoms with van der Waals surface area (Å²) < 4.78 is 13.5. The molecule has 4 aromatic carbocycles. The maximum Gasteiger partial charge on any atom is 0.275 e. The van der Waals surface area contributed by atoms with Crippen LogP contribution in [-0.2, 0) is 6.61 Å². The average Bonchev–Trinajstić information content (AvgIpc) is 2.83. The van der Waals surface area contributed by atoms with E-state index < -0.39 is 5.91 Å². The van der Waals surface area contributed by atoms with Gasteiger partial charge in [0.2, 0.25) is 0 Å². The van der Waals surface area contributed by atoms with E-state index in [1.165, 1.54) is 9.78 Å². The zero-order valence-electron chi connectivity index (χ0n) is 18.1. The highest BCUT2D eigenvalue weighted by molar-refractivity contribution is 14.1. The van der Waals surface area contributed by atoms with Gasteiger partial charge in [-0.2, -0.15) is 5.10 Å². The number of ether oxygens (including phenoxy) is 2. The van der Waals surface area contributed by atoms with E-state index in [4.69, 9.17) is 9.47 Å². The van der Waals surface area contributed by atoms with E-state index in [-0.39, 0.29) is 11.3 Å². The maximum absolute atomic E-state index is 12.6. The molecule has 1 amide bonds. The first-order valence-electron chi connectivity index (χ1n) is 10.2. The van der Waals surface area contributed by atoms with Crippen LogP contribution in [0.4, 0.5) is 0 Å². The molecular weight excluding hydrogens is 658 g/mol. The van der Waals surface area contributed by atoms with Crippen LogP contribution in [0.2, 0.25) is 0 Å². The summed E-state index contributed by atoms with van der Waals surface area (Å²) in [6.45, 7) is 0.419. The monoisotopic (exact) mass is 678 g/mol. The van der Waals surface area contributed by atoms with E-state index in [0.29, 0.717) is 18.1 Å². The lowest BCUT2D eigenvalue weighted by atomic mass is 10.1. The molecule has 0 aliphatic carbocycles. The number of phenolic OH excluding ortho intramolecular Hbond substituents is 1. The number of amides is 1. The fourth-order valence-electron chi connectivity index (χ4n) is 3.33. The topological polar surface area (TPSA) is 80.2 Å². The van der Waals surface area contributed by atoms with Crippen molar-refractivity contribution in [2.24, 2.45) is 5.10 Å². The Kier molecular flexibility index (Phi) is 7.88. The van der Waals surface area contributed by atoms with Crippen molar-refractivity contribution < 1.29 is 19.4 Å². The Morgan fingerprint density at radius 1 is 1.03 bits per heavy atom. The predicted octanol–water partition coefficient (Wildman–Crippen LogP) is 6.11. The van der Waals surface area contributed by atoms with Crippen LogP contribution in [0.15, 0.2) is 77.9 Å². The molecule has 0 saturated heterocycles. The maximum atomic E-state index is 12.6. The molecule has 0 fully saturated rings. The number of halogens is 2. The van der Waals surface area contributed by atoms with Crippen molar-refractivity contribution in [3.63, 3.8) is 0 Å². The van der Waals surface area contributed by atoms with Crippen LogP contribution in [-0.4, -0.2) is 24.3 Å². The van der Waals surface area contributed by atoms with E-state index in [2.05, 4.69) is 55.7 Å². The third-order valence-corrected chi connectivity index (χ3v) is 6.56. The second-order valence-electron chi connectivity index (χ2n) is 7.36. The molecule has 0 radical (unpaired) electrons.